The molecule has 0 spiro atoms. The van der Waals surface area contributed by atoms with Crippen LogP contribution in [0.4, 0.5) is 0 Å². The van der Waals surface area contributed by atoms with Gasteiger partial charge in [0.05, 0.1) is 32.0 Å². The molecule has 29 nitrogen and oxygen atoms in total. The van der Waals surface area contributed by atoms with Crippen molar-refractivity contribution in [1.82, 2.24) is 47.4 Å². The predicted octanol–water partition coefficient (Wildman–Crippen LogP) is -7.76. The number of amides is 9. The van der Waals surface area contributed by atoms with Gasteiger partial charge in [0.25, 0.3) is 0 Å². The summed E-state index contributed by atoms with van der Waals surface area (Å²) in [6.07, 6.45) is 0.406. The van der Waals surface area contributed by atoms with Crippen LogP contribution >= 0.6 is 37.0 Å². The minimum absolute atomic E-state index is 0.00991. The summed E-state index contributed by atoms with van der Waals surface area (Å²) < 4.78 is 0. The number of aliphatic hydroxyl groups excluding tert-OH is 4. The SMILES string of the molecule is CSCC[C@H](NC(=O)[C@H](CS)NC(=O)[C@H](CCCN=C(N)N)NC(=O)[C@@H](N)CS)C(=O)N[C@H](C(=O)N[C@@H](CO)C(=O)N[C@@H](CO)C(=O)N[C@@H](CO)C(=O)N1CCC[C@H]1C(=O)N[C@@H](Cc1ccc(O)cc1)C(=O)O)[C@@H](C)O. The van der Waals surface area contributed by atoms with Crippen LogP contribution in [0.3, 0.4) is 0 Å². The molecule has 32 heteroatoms. The fraction of sp³-hybridized carbons (Fsp3) is 0.614. The van der Waals surface area contributed by atoms with Crippen molar-refractivity contribution in [2.45, 2.75) is 112 Å². The Morgan fingerprint density at radius 3 is 1.72 bits per heavy atom. The third-order valence-electron chi connectivity index (χ3n) is 11.5. The van der Waals surface area contributed by atoms with Crippen molar-refractivity contribution in [3.8, 4) is 5.75 Å². The maximum Gasteiger partial charge on any atom is 0.326 e. The summed E-state index contributed by atoms with van der Waals surface area (Å²) >= 11 is 9.46. The smallest absolute Gasteiger partial charge is 0.326 e. The summed E-state index contributed by atoms with van der Waals surface area (Å²) in [5.41, 5.74) is 17.0. The van der Waals surface area contributed by atoms with E-state index in [2.05, 4.69) is 72.8 Å². The van der Waals surface area contributed by atoms with Gasteiger partial charge in [-0.15, -0.1) is 0 Å². The van der Waals surface area contributed by atoms with Crippen molar-refractivity contribution < 1.29 is 78.6 Å². The molecule has 0 aliphatic carbocycles. The number of likely N-dealkylation sites (tertiary alicyclic amines) is 1. The number of carboxylic acids is 1. The Kier molecular flexibility index (Phi) is 29.3. The van der Waals surface area contributed by atoms with Crippen LogP contribution in [0.25, 0.3) is 0 Å². The molecule has 1 aliphatic heterocycles. The number of carboxylic acid groups (broad SMARTS) is 1. The molecule has 2 rings (SSSR count). The number of carbonyl (C=O) groups excluding carboxylic acids is 9. The monoisotopic (exact) mass is 1130 g/mol. The van der Waals surface area contributed by atoms with Gasteiger partial charge in [-0.3, -0.25) is 48.1 Å². The Hall–Kier alpha value is -6.16. The first-order chi connectivity index (χ1) is 36.0. The number of phenolic OH excluding ortho intramolecular Hbond substituents is 1. The predicted molar refractivity (Wildman–Crippen MR) is 281 cm³/mol. The lowest BCUT2D eigenvalue weighted by molar-refractivity contribution is -0.145. The topological polar surface area (TPSA) is 482 Å². The van der Waals surface area contributed by atoms with E-state index in [1.165, 1.54) is 36.0 Å². The van der Waals surface area contributed by atoms with E-state index in [1.54, 1.807) is 6.26 Å². The lowest BCUT2D eigenvalue weighted by Gasteiger charge is -2.30. The second-order valence-electron chi connectivity index (χ2n) is 17.3. The molecule has 1 aromatic carbocycles. The number of aliphatic hydroxyl groups is 4. The van der Waals surface area contributed by atoms with Gasteiger partial charge in [-0.05, 0) is 68.7 Å². The van der Waals surface area contributed by atoms with Crippen molar-refractivity contribution >= 4 is 102 Å². The number of hydrogen-bond acceptors (Lipinski definition) is 20. The number of thiol groups is 2. The fourth-order valence-corrected chi connectivity index (χ4v) is 8.15. The molecular weight excluding hydrogens is 1060 g/mol. The highest BCUT2D eigenvalue weighted by Crippen LogP contribution is 2.20. The highest BCUT2D eigenvalue weighted by molar-refractivity contribution is 7.98. The number of phenols is 1. The zero-order valence-electron chi connectivity index (χ0n) is 41.8. The van der Waals surface area contributed by atoms with Crippen LogP contribution in [0.15, 0.2) is 29.3 Å². The highest BCUT2D eigenvalue weighted by Gasteiger charge is 2.40. The first-order valence-corrected chi connectivity index (χ1v) is 26.4. The number of nitrogens with two attached hydrogens (primary N) is 3. The second-order valence-corrected chi connectivity index (χ2v) is 19.0. The van der Waals surface area contributed by atoms with Gasteiger partial charge >= 0.3 is 5.97 Å². The molecule has 1 heterocycles. The van der Waals surface area contributed by atoms with Gasteiger partial charge in [-0.1, -0.05) is 12.1 Å². The number of aliphatic carboxylic acids is 1. The molecule has 76 heavy (non-hydrogen) atoms. The van der Waals surface area contributed by atoms with E-state index in [4.69, 9.17) is 17.2 Å². The molecular formula is C44H71N13O16S3. The third kappa shape index (κ3) is 21.5. The van der Waals surface area contributed by atoms with E-state index < -0.39 is 145 Å². The van der Waals surface area contributed by atoms with Crippen molar-refractivity contribution in [3.05, 3.63) is 29.8 Å². The van der Waals surface area contributed by atoms with E-state index in [0.717, 1.165) is 11.8 Å². The first kappa shape index (κ1) is 66.0. The Labute approximate surface area is 452 Å². The van der Waals surface area contributed by atoms with E-state index in [9.17, 15) is 78.6 Å². The van der Waals surface area contributed by atoms with E-state index >= 15 is 0 Å². The van der Waals surface area contributed by atoms with Crippen LogP contribution in [-0.4, -0.2) is 224 Å². The van der Waals surface area contributed by atoms with Gasteiger partial charge in [0.1, 0.15) is 60.1 Å². The number of aromatic hydroxyl groups is 1. The van der Waals surface area contributed by atoms with Crippen LogP contribution < -0.4 is 59.7 Å². The molecule has 0 saturated carbocycles. The van der Waals surface area contributed by atoms with Gasteiger partial charge in [0.2, 0.25) is 53.2 Å². The van der Waals surface area contributed by atoms with Crippen LogP contribution in [0.5, 0.6) is 5.75 Å². The van der Waals surface area contributed by atoms with E-state index in [-0.39, 0.29) is 80.6 Å². The largest absolute Gasteiger partial charge is 0.508 e. The van der Waals surface area contributed by atoms with Crippen LogP contribution in [0, 0.1) is 0 Å². The number of carbonyl (C=O) groups is 10. The van der Waals surface area contributed by atoms with Crippen LogP contribution in [0.2, 0.25) is 0 Å². The van der Waals surface area contributed by atoms with Gasteiger partial charge in [0, 0.05) is 31.0 Å². The van der Waals surface area contributed by atoms with Crippen molar-refractivity contribution in [2.75, 3.05) is 56.4 Å². The van der Waals surface area contributed by atoms with E-state index in [0.29, 0.717) is 5.56 Å². The lowest BCUT2D eigenvalue weighted by Crippen LogP contribution is -2.63. The summed E-state index contributed by atoms with van der Waals surface area (Å²) in [7, 11) is 0. The Balaban J connectivity index is 2.15. The molecule has 1 fully saturated rings. The number of aliphatic imine (C=N–C) groups is 1. The van der Waals surface area contributed by atoms with Crippen LogP contribution in [0.1, 0.15) is 44.6 Å². The molecule has 0 bridgehead atoms. The number of rotatable bonds is 33. The maximum absolute atomic E-state index is 13.7. The van der Waals surface area contributed by atoms with Crippen molar-refractivity contribution in [1.29, 1.82) is 0 Å². The third-order valence-corrected chi connectivity index (χ3v) is 12.9. The molecule has 0 unspecified atom stereocenters. The summed E-state index contributed by atoms with van der Waals surface area (Å²) in [5, 5.41) is 78.8. The maximum atomic E-state index is 13.7. The van der Waals surface area contributed by atoms with Gasteiger partial charge in [-0.2, -0.15) is 37.0 Å². The molecule has 426 valence electrons. The number of nitrogens with zero attached hydrogens (tertiary/aromatic N) is 2. The molecule has 1 saturated heterocycles. The summed E-state index contributed by atoms with van der Waals surface area (Å²) in [6, 6.07) is -9.53. The second kappa shape index (κ2) is 33.8. The average Bonchev–Trinajstić information content (AvgIpc) is 3.89. The normalized spacial score (nSPS) is 17.0. The zero-order chi connectivity index (χ0) is 57.2. The van der Waals surface area contributed by atoms with Crippen molar-refractivity contribution in [2.24, 2.45) is 22.2 Å². The average molecular weight is 1130 g/mol. The number of benzene rings is 1. The standard InChI is InChI=1S/C44H71N13O16S3/c1-21(61)33(56-36(65)26(11-14-76-2)50-39(68)31(20-75)55-35(64)25(5-3-12-48-44(46)47)49-34(63)24(45)19-74)41(70)53-29(17-59)37(66)52-28(16-58)38(67)54-30(18-60)42(71)57-13-4-6-32(57)40(69)51-27(43(72)73)15-22-7-9-23(62)10-8-22/h7-10,21,24-33,58-62,74-75H,3-6,11-20,45H2,1-2H3,(H,49,63)(H,50,68)(H,51,69)(H,52,66)(H,53,70)(H,54,67)(H,55,64)(H,56,65)(H,72,73)(H4,46,47,48)/t21-,24+,25+,26+,27+,28+,29+,30+,31+,32+,33+/m1/s1. The minimum Gasteiger partial charge on any atom is -0.508 e. The molecule has 1 aliphatic rings. The summed E-state index contributed by atoms with van der Waals surface area (Å²) in [6.45, 7) is -2.13. The zero-order valence-corrected chi connectivity index (χ0v) is 44.4. The van der Waals surface area contributed by atoms with Gasteiger partial charge in [0.15, 0.2) is 5.96 Å². The Morgan fingerprint density at radius 2 is 1.20 bits per heavy atom. The minimum atomic E-state index is -1.91. The highest BCUT2D eigenvalue weighted by atomic mass is 32.2. The first-order valence-electron chi connectivity index (χ1n) is 23.7. The number of hydrogen-bond donors (Lipinski definition) is 19. The molecule has 0 radical (unpaired) electrons. The molecule has 20 N–H and O–H groups in total. The molecule has 9 amide bonds. The fourth-order valence-electron chi connectivity index (χ4n) is 7.26. The van der Waals surface area contributed by atoms with Crippen molar-refractivity contribution in [3.63, 3.8) is 0 Å². The summed E-state index contributed by atoms with van der Waals surface area (Å²) in [4.78, 5) is 137. The quantitative estimate of drug-likeness (QED) is 0.0135. The lowest BCUT2D eigenvalue weighted by atomic mass is 10.0. The molecule has 11 atom stereocenters. The van der Waals surface area contributed by atoms with E-state index in [1.807, 2.05) is 0 Å². The van der Waals surface area contributed by atoms with Crippen LogP contribution in [-0.2, 0) is 54.4 Å². The molecule has 1 aromatic rings. The number of nitrogens with one attached hydrogen (secondary N) is 8. The Bertz CT molecular complexity index is 2180. The Morgan fingerprint density at radius 1 is 0.697 bits per heavy atom. The number of guanidine groups is 1. The molecule has 0 aromatic heterocycles. The van der Waals surface area contributed by atoms with Gasteiger partial charge < -0.3 is 95.3 Å². The summed E-state index contributed by atoms with van der Waals surface area (Å²) in [5.74, 6) is -10.7. The number of thioether (sulfide) groups is 1. The van der Waals surface area contributed by atoms with Gasteiger partial charge in [-0.25, -0.2) is 4.79 Å².